The van der Waals surface area contributed by atoms with Crippen LogP contribution in [0, 0.1) is 0 Å². The molecule has 0 unspecified atom stereocenters. The van der Waals surface area contributed by atoms with Gasteiger partial charge < -0.3 is 13.4 Å². The average molecular weight is 1310 g/mol. The van der Waals surface area contributed by atoms with E-state index in [1.165, 1.54) is 517 Å². The van der Waals surface area contributed by atoms with Crippen LogP contribution in [0.15, 0.2) is 0 Å². The lowest BCUT2D eigenvalue weighted by Gasteiger charge is -2.44. The summed E-state index contributed by atoms with van der Waals surface area (Å²) in [7, 11) is 8.07. The van der Waals surface area contributed by atoms with Gasteiger partial charge in [0.15, 0.2) is 0 Å². The molecular weight excluding hydrogens is 1130 g/mol. The van der Waals surface area contributed by atoms with E-state index >= 15 is 0 Å². The third kappa shape index (κ3) is 60.3. The van der Waals surface area contributed by atoms with Gasteiger partial charge in [-0.1, -0.05) is 350 Å². The van der Waals surface area contributed by atoms with Gasteiger partial charge >= 0.3 is 0 Å². The molecule has 558 valence electrons. The Balaban J connectivity index is 3.24. The second-order valence-electron chi connectivity index (χ2n) is 33.1. The van der Waals surface area contributed by atoms with Crippen LogP contribution in [0.5, 0.6) is 0 Å². The first-order valence-corrected chi connectivity index (χ1v) is 44.3. The van der Waals surface area contributed by atoms with Crippen LogP contribution in [-0.4, -0.2) is 148 Å². The van der Waals surface area contributed by atoms with Crippen LogP contribution < -0.4 is 0 Å². The third-order valence-corrected chi connectivity index (χ3v) is 23.0. The number of rotatable bonds is 78. The third-order valence-electron chi connectivity index (χ3n) is 23.0. The van der Waals surface area contributed by atoms with Crippen LogP contribution >= 0.6 is 0 Å². The molecule has 6 nitrogen and oxygen atoms in total. The van der Waals surface area contributed by atoms with Crippen molar-refractivity contribution in [1.29, 1.82) is 0 Å². The Bertz CT molecular complexity index is 1190. The lowest BCUT2D eigenvalue weighted by atomic mass is 10.1. The Labute approximate surface area is 590 Å². The molecule has 1 aliphatic rings. The SMILES string of the molecule is CCCCCCCCCCCC[N+](C)(CCCCCCCCCCCC)CCCN1CN(CCC[N+](C)(CCCCCCCCCCCC)CCCCCCCCCCCC)CN(CCC[N+](C)(CCCCCCCCCCCC)CCCCCCCCCCCC)C1. The molecule has 0 bridgehead atoms. The van der Waals surface area contributed by atoms with Crippen molar-refractivity contribution in [2.24, 2.45) is 0 Å². The van der Waals surface area contributed by atoms with E-state index in [2.05, 4.69) is 77.4 Å². The lowest BCUT2D eigenvalue weighted by molar-refractivity contribution is -0.910. The topological polar surface area (TPSA) is 9.72 Å². The Morgan fingerprint density at radius 1 is 0.151 bits per heavy atom. The summed E-state index contributed by atoms with van der Waals surface area (Å²) in [6.45, 7) is 34.0. The Kier molecular flexibility index (Phi) is 67.2. The quantitative estimate of drug-likeness (QED) is 0.0444. The molecule has 93 heavy (non-hydrogen) atoms. The maximum absolute atomic E-state index is 2.94. The van der Waals surface area contributed by atoms with Gasteiger partial charge in [-0.25, -0.2) is 0 Å². The largest absolute Gasteiger partial charge is 0.326 e. The molecule has 0 aromatic rings. The zero-order valence-electron chi connectivity index (χ0n) is 66.8. The summed E-state index contributed by atoms with van der Waals surface area (Å²) in [5.74, 6) is 0. The van der Waals surface area contributed by atoms with E-state index in [1.54, 1.807) is 0 Å². The van der Waals surface area contributed by atoms with Crippen LogP contribution in [0.3, 0.4) is 0 Å². The minimum Gasteiger partial charge on any atom is -0.326 e. The van der Waals surface area contributed by atoms with Crippen LogP contribution in [0.2, 0.25) is 0 Å². The van der Waals surface area contributed by atoms with Gasteiger partial charge in [-0.05, 0) is 77.0 Å². The van der Waals surface area contributed by atoms with Gasteiger partial charge in [0, 0.05) is 38.9 Å². The number of quaternary nitrogens is 3. The van der Waals surface area contributed by atoms with Crippen molar-refractivity contribution in [3.05, 3.63) is 0 Å². The van der Waals surface area contributed by atoms with Gasteiger partial charge in [0.25, 0.3) is 0 Å². The molecule has 1 rings (SSSR count). The summed E-state index contributed by atoms with van der Waals surface area (Å²) in [5, 5.41) is 0. The fourth-order valence-electron chi connectivity index (χ4n) is 16.3. The molecule has 6 heteroatoms. The fourth-order valence-corrected chi connectivity index (χ4v) is 16.3. The minimum atomic E-state index is 1.18. The summed E-state index contributed by atoms with van der Waals surface area (Å²) in [6, 6.07) is 0. The van der Waals surface area contributed by atoms with Crippen molar-refractivity contribution >= 4 is 0 Å². The summed E-state index contributed by atoms with van der Waals surface area (Å²) < 4.78 is 3.95. The molecule has 0 amide bonds. The summed E-state index contributed by atoms with van der Waals surface area (Å²) in [6.07, 6.45) is 90.7. The number of hydrogen-bond acceptors (Lipinski definition) is 3. The van der Waals surface area contributed by atoms with E-state index in [-0.39, 0.29) is 0 Å². The summed E-state index contributed by atoms with van der Waals surface area (Å²) >= 11 is 0. The van der Waals surface area contributed by atoms with Crippen molar-refractivity contribution in [2.75, 3.05) is 120 Å². The molecule has 0 aromatic heterocycles. The molecule has 0 aliphatic carbocycles. The average Bonchev–Trinajstić information content (AvgIpc) is 2.28. The van der Waals surface area contributed by atoms with E-state index in [4.69, 9.17) is 0 Å². The highest BCUT2D eigenvalue weighted by molar-refractivity contribution is 4.71. The normalized spacial score (nSPS) is 14.0. The van der Waals surface area contributed by atoms with E-state index in [9.17, 15) is 0 Å². The lowest BCUT2D eigenvalue weighted by Crippen LogP contribution is -2.57. The van der Waals surface area contributed by atoms with E-state index in [0.717, 1.165) is 0 Å². The smallest absolute Gasteiger partial charge is 0.0796 e. The van der Waals surface area contributed by atoms with Gasteiger partial charge in [0.1, 0.15) is 0 Å². The Morgan fingerprint density at radius 2 is 0.258 bits per heavy atom. The first kappa shape index (κ1) is 90.8. The van der Waals surface area contributed by atoms with Crippen molar-refractivity contribution in [3.63, 3.8) is 0 Å². The van der Waals surface area contributed by atoms with Gasteiger partial charge in [-0.2, -0.15) is 0 Å². The van der Waals surface area contributed by atoms with E-state index in [1.807, 2.05) is 0 Å². The highest BCUT2D eigenvalue weighted by atomic mass is 15.5. The van der Waals surface area contributed by atoms with Crippen LogP contribution in [0.4, 0.5) is 0 Å². The Morgan fingerprint density at radius 3 is 0.387 bits per heavy atom. The maximum atomic E-state index is 2.94. The molecule has 0 saturated carbocycles. The van der Waals surface area contributed by atoms with Gasteiger partial charge in [0.2, 0.25) is 0 Å². The number of hydrogen-bond donors (Lipinski definition) is 0. The first-order chi connectivity index (χ1) is 45.6. The first-order valence-electron chi connectivity index (χ1n) is 44.3. The summed E-state index contributed by atoms with van der Waals surface area (Å²) in [5.41, 5.74) is 0. The predicted molar refractivity (Wildman–Crippen MR) is 422 cm³/mol. The van der Waals surface area contributed by atoms with E-state index in [0.29, 0.717) is 0 Å². The zero-order chi connectivity index (χ0) is 67.4. The molecule has 0 spiro atoms. The molecule has 0 aromatic carbocycles. The van der Waals surface area contributed by atoms with Gasteiger partial charge in [-0.3, -0.25) is 14.7 Å². The fraction of sp³-hybridized carbons (Fsp3) is 1.00. The van der Waals surface area contributed by atoms with Gasteiger partial charge in [0.05, 0.1) is 100 Å². The predicted octanol–water partition coefficient (Wildman–Crippen LogP) is 26.8. The van der Waals surface area contributed by atoms with Crippen LogP contribution in [0.1, 0.15) is 446 Å². The van der Waals surface area contributed by atoms with Crippen molar-refractivity contribution in [3.8, 4) is 0 Å². The molecule has 1 saturated heterocycles. The molecule has 1 fully saturated rings. The van der Waals surface area contributed by atoms with Crippen LogP contribution in [0.25, 0.3) is 0 Å². The molecule has 0 radical (unpaired) electrons. The van der Waals surface area contributed by atoms with Crippen molar-refractivity contribution < 1.29 is 13.4 Å². The van der Waals surface area contributed by atoms with Crippen LogP contribution in [-0.2, 0) is 0 Å². The van der Waals surface area contributed by atoms with Gasteiger partial charge in [-0.15, -0.1) is 0 Å². The van der Waals surface area contributed by atoms with Crippen molar-refractivity contribution in [2.45, 2.75) is 446 Å². The highest BCUT2D eigenvalue weighted by Gasteiger charge is 2.29. The molecule has 1 heterocycles. The second-order valence-corrected chi connectivity index (χ2v) is 33.1. The number of nitrogens with zero attached hydrogens (tertiary/aromatic N) is 6. The monoisotopic (exact) mass is 1310 g/mol. The van der Waals surface area contributed by atoms with Crippen molar-refractivity contribution in [1.82, 2.24) is 14.7 Å². The molecule has 0 N–H and O–H groups in total. The second kappa shape index (κ2) is 68.9. The Hall–Kier alpha value is -0.240. The number of unbranched alkanes of at least 4 members (excludes halogenated alkanes) is 54. The highest BCUT2D eigenvalue weighted by Crippen LogP contribution is 2.23. The zero-order valence-corrected chi connectivity index (χ0v) is 66.8. The molecular formula is C87H183N6+3. The minimum absolute atomic E-state index is 1.18. The molecule has 1 aliphatic heterocycles. The molecule has 0 atom stereocenters. The van der Waals surface area contributed by atoms with E-state index < -0.39 is 0 Å². The maximum Gasteiger partial charge on any atom is 0.0796 e. The summed E-state index contributed by atoms with van der Waals surface area (Å²) in [4.78, 5) is 8.83. The standard InChI is InChI=1S/C87H183N6/c1-10-16-22-28-34-40-46-52-58-64-76-91(7,77-65-59-53-47-41-35-29-23-17-11-2)82-70-73-88-85-89(74-71-83-92(8,78-66-60-54-48-42-36-30-24-18-12-3)79-67-61-55-49-43-37-31-25-19-13-4)87-90(86-88)75-72-84-93(9,80-68-62-56-50-44-38-32-26-20-14-5)81-69-63-57-51-45-39-33-27-21-15-6/h10-87H2,1-9H3/q+3.